The molecule has 0 atom stereocenters. The highest BCUT2D eigenvalue weighted by molar-refractivity contribution is 7.22. The zero-order valence-electron chi connectivity index (χ0n) is 15.7. The van der Waals surface area contributed by atoms with Crippen LogP contribution in [0.15, 0.2) is 34.9 Å². The average Bonchev–Trinajstić information content (AvgIpc) is 3.32. The van der Waals surface area contributed by atoms with Crippen molar-refractivity contribution in [1.29, 1.82) is 0 Å². The number of halogens is 1. The van der Waals surface area contributed by atoms with E-state index in [0.29, 0.717) is 36.4 Å². The normalized spacial score (nSPS) is 12.8. The number of carbonyl (C=O) groups excluding carboxylic acids is 1. The van der Waals surface area contributed by atoms with E-state index >= 15 is 0 Å². The van der Waals surface area contributed by atoms with Gasteiger partial charge in [-0.1, -0.05) is 11.3 Å². The van der Waals surface area contributed by atoms with Crippen molar-refractivity contribution in [3.63, 3.8) is 0 Å². The Morgan fingerprint density at radius 2 is 1.93 bits per heavy atom. The molecule has 4 rings (SSSR count). The van der Waals surface area contributed by atoms with Crippen LogP contribution in [0.2, 0.25) is 0 Å². The summed E-state index contributed by atoms with van der Waals surface area (Å²) in [5.74, 6) is 1.54. The fourth-order valence-electron chi connectivity index (χ4n) is 2.93. The standard InChI is InChI=1S/C19H21N3O4S.ClH/c1-21(2)6-4-7-22(18(23)14-5-3-8-24-14)19-20-13-11-15-16(12-17(13)27-19)26-10-9-25-15;/h3,5,8,11-12H,4,6-7,9-10H2,1-2H3;1H. The van der Waals surface area contributed by atoms with Crippen LogP contribution in [0, 0.1) is 0 Å². The van der Waals surface area contributed by atoms with Crippen molar-refractivity contribution in [3.8, 4) is 11.5 Å². The molecule has 0 saturated heterocycles. The Balaban J connectivity index is 0.00000225. The van der Waals surface area contributed by atoms with Crippen LogP contribution in [0.3, 0.4) is 0 Å². The molecule has 28 heavy (non-hydrogen) atoms. The number of amides is 1. The van der Waals surface area contributed by atoms with E-state index in [4.69, 9.17) is 13.9 Å². The fourth-order valence-corrected chi connectivity index (χ4v) is 3.93. The highest BCUT2D eigenvalue weighted by Crippen LogP contribution is 2.39. The quantitative estimate of drug-likeness (QED) is 0.602. The molecule has 0 N–H and O–H groups in total. The lowest BCUT2D eigenvalue weighted by Crippen LogP contribution is -2.33. The lowest BCUT2D eigenvalue weighted by atomic mass is 10.3. The third kappa shape index (κ3) is 4.24. The first-order chi connectivity index (χ1) is 13.1. The van der Waals surface area contributed by atoms with Gasteiger partial charge in [-0.05, 0) is 39.2 Å². The summed E-state index contributed by atoms with van der Waals surface area (Å²) in [5.41, 5.74) is 0.795. The Kier molecular flexibility index (Phi) is 6.43. The Hall–Kier alpha value is -2.29. The third-order valence-corrected chi connectivity index (χ3v) is 5.28. The predicted octanol–water partition coefficient (Wildman–Crippen LogP) is 3.68. The first-order valence-electron chi connectivity index (χ1n) is 8.82. The van der Waals surface area contributed by atoms with Gasteiger partial charge in [0, 0.05) is 18.7 Å². The molecular weight excluding hydrogens is 402 g/mol. The van der Waals surface area contributed by atoms with Crippen molar-refractivity contribution in [2.45, 2.75) is 6.42 Å². The number of rotatable bonds is 6. The van der Waals surface area contributed by atoms with Gasteiger partial charge in [0.05, 0.1) is 16.5 Å². The van der Waals surface area contributed by atoms with Crippen molar-refractivity contribution in [1.82, 2.24) is 9.88 Å². The second kappa shape index (κ2) is 8.81. The Morgan fingerprint density at radius 3 is 2.61 bits per heavy atom. The number of nitrogens with zero attached hydrogens (tertiary/aromatic N) is 3. The molecule has 0 saturated carbocycles. The molecule has 0 spiro atoms. The fraction of sp³-hybridized carbons (Fsp3) is 0.368. The number of hydrogen-bond acceptors (Lipinski definition) is 7. The minimum absolute atomic E-state index is 0. The van der Waals surface area contributed by atoms with Gasteiger partial charge in [-0.3, -0.25) is 9.69 Å². The summed E-state index contributed by atoms with van der Waals surface area (Å²) in [6.07, 6.45) is 2.34. The third-order valence-electron chi connectivity index (χ3n) is 4.24. The molecule has 0 fully saturated rings. The van der Waals surface area contributed by atoms with Gasteiger partial charge in [0.1, 0.15) is 13.2 Å². The Labute approximate surface area is 173 Å². The molecule has 150 valence electrons. The van der Waals surface area contributed by atoms with Crippen LogP contribution in [-0.2, 0) is 0 Å². The molecule has 3 heterocycles. The summed E-state index contributed by atoms with van der Waals surface area (Å²) >= 11 is 1.47. The number of hydrogen-bond donors (Lipinski definition) is 0. The first-order valence-corrected chi connectivity index (χ1v) is 9.64. The molecule has 0 bridgehead atoms. The molecule has 1 aliphatic rings. The van der Waals surface area contributed by atoms with E-state index in [1.54, 1.807) is 17.0 Å². The topological polar surface area (TPSA) is 68.0 Å². The zero-order valence-corrected chi connectivity index (χ0v) is 17.3. The summed E-state index contributed by atoms with van der Waals surface area (Å²) < 4.78 is 17.6. The van der Waals surface area contributed by atoms with E-state index in [1.165, 1.54) is 17.6 Å². The maximum absolute atomic E-state index is 13.0. The smallest absolute Gasteiger partial charge is 0.295 e. The van der Waals surface area contributed by atoms with Gasteiger partial charge in [-0.25, -0.2) is 4.98 Å². The van der Waals surface area contributed by atoms with Crippen molar-refractivity contribution < 1.29 is 18.7 Å². The van der Waals surface area contributed by atoms with E-state index in [-0.39, 0.29) is 18.3 Å². The molecular formula is C19H22ClN3O4S. The lowest BCUT2D eigenvalue weighted by Gasteiger charge is -2.19. The average molecular weight is 424 g/mol. The summed E-state index contributed by atoms with van der Waals surface area (Å²) in [6.45, 7) is 2.51. The second-order valence-corrected chi connectivity index (χ2v) is 7.56. The van der Waals surface area contributed by atoms with E-state index in [0.717, 1.165) is 28.9 Å². The highest BCUT2D eigenvalue weighted by atomic mass is 35.5. The lowest BCUT2D eigenvalue weighted by molar-refractivity contribution is 0.0959. The van der Waals surface area contributed by atoms with Gasteiger partial charge in [-0.2, -0.15) is 0 Å². The van der Waals surface area contributed by atoms with Gasteiger partial charge < -0.3 is 18.8 Å². The maximum atomic E-state index is 13.0. The molecule has 0 unspecified atom stereocenters. The van der Waals surface area contributed by atoms with Crippen LogP contribution in [0.4, 0.5) is 5.13 Å². The number of thiazole rings is 1. The molecule has 2 aromatic heterocycles. The second-order valence-electron chi connectivity index (χ2n) is 6.55. The first kappa shape index (κ1) is 20.4. The summed E-state index contributed by atoms with van der Waals surface area (Å²) in [6, 6.07) is 7.20. The number of carbonyl (C=O) groups is 1. The van der Waals surface area contributed by atoms with Crippen LogP contribution < -0.4 is 14.4 Å². The van der Waals surface area contributed by atoms with Gasteiger partial charge >= 0.3 is 0 Å². The van der Waals surface area contributed by atoms with E-state index in [9.17, 15) is 4.79 Å². The number of furan rings is 1. The molecule has 0 aliphatic carbocycles. The van der Waals surface area contributed by atoms with Gasteiger partial charge in [-0.15, -0.1) is 12.4 Å². The molecule has 1 aromatic carbocycles. The summed E-state index contributed by atoms with van der Waals surface area (Å²) in [7, 11) is 4.03. The molecule has 0 radical (unpaired) electrons. The van der Waals surface area contributed by atoms with Crippen LogP contribution >= 0.6 is 23.7 Å². The van der Waals surface area contributed by atoms with Crippen LogP contribution in [0.5, 0.6) is 11.5 Å². The Morgan fingerprint density at radius 1 is 1.18 bits per heavy atom. The zero-order chi connectivity index (χ0) is 18.8. The van der Waals surface area contributed by atoms with Crippen LogP contribution in [0.25, 0.3) is 10.2 Å². The van der Waals surface area contributed by atoms with Gasteiger partial charge in [0.2, 0.25) is 0 Å². The van der Waals surface area contributed by atoms with E-state index < -0.39 is 0 Å². The summed E-state index contributed by atoms with van der Waals surface area (Å²) in [5, 5.41) is 0.646. The van der Waals surface area contributed by atoms with Crippen molar-refractivity contribution in [2.75, 3.05) is 45.3 Å². The minimum atomic E-state index is -0.185. The van der Waals surface area contributed by atoms with Gasteiger partial charge in [0.15, 0.2) is 22.4 Å². The van der Waals surface area contributed by atoms with Crippen molar-refractivity contribution >= 4 is 45.0 Å². The summed E-state index contributed by atoms with van der Waals surface area (Å²) in [4.78, 5) is 21.4. The molecule has 1 aliphatic heterocycles. The highest BCUT2D eigenvalue weighted by Gasteiger charge is 2.24. The predicted molar refractivity (Wildman–Crippen MR) is 111 cm³/mol. The SMILES string of the molecule is CN(C)CCCN(C(=O)c1ccco1)c1nc2cc3c(cc2s1)OCCO3.Cl. The molecule has 7 nitrogen and oxygen atoms in total. The minimum Gasteiger partial charge on any atom is -0.486 e. The van der Waals surface area contributed by atoms with Crippen molar-refractivity contribution in [2.24, 2.45) is 0 Å². The maximum Gasteiger partial charge on any atom is 0.295 e. The number of benzene rings is 1. The van der Waals surface area contributed by atoms with Crippen LogP contribution in [-0.4, -0.2) is 56.2 Å². The largest absolute Gasteiger partial charge is 0.486 e. The number of ether oxygens (including phenoxy) is 2. The number of anilines is 1. The van der Waals surface area contributed by atoms with E-state index in [2.05, 4.69) is 9.88 Å². The van der Waals surface area contributed by atoms with Crippen molar-refractivity contribution in [3.05, 3.63) is 36.3 Å². The monoisotopic (exact) mass is 423 g/mol. The molecule has 3 aromatic rings. The van der Waals surface area contributed by atoms with Gasteiger partial charge in [0.25, 0.3) is 5.91 Å². The Bertz CT molecular complexity index is 899. The molecule has 9 heteroatoms. The number of aromatic nitrogens is 1. The van der Waals surface area contributed by atoms with E-state index in [1.807, 2.05) is 26.2 Å². The van der Waals surface area contributed by atoms with Crippen LogP contribution in [0.1, 0.15) is 17.0 Å². The molecule has 1 amide bonds. The number of fused-ring (bicyclic) bond motifs is 2.